The van der Waals surface area contributed by atoms with Crippen molar-refractivity contribution in [3.05, 3.63) is 11.7 Å². The monoisotopic (exact) mass is 268 g/mol. The van der Waals surface area contributed by atoms with Crippen molar-refractivity contribution in [3.63, 3.8) is 0 Å². The molecule has 0 spiro atoms. The zero-order chi connectivity index (χ0) is 13.7. The third-order valence-corrected chi connectivity index (χ3v) is 3.68. The van der Waals surface area contributed by atoms with E-state index in [1.165, 1.54) is 0 Å². The molecule has 1 aromatic rings. The molecule has 0 aromatic carbocycles. The molecular weight excluding hydrogens is 244 g/mol. The van der Waals surface area contributed by atoms with Gasteiger partial charge in [-0.1, -0.05) is 19.0 Å². The van der Waals surface area contributed by atoms with Gasteiger partial charge in [0.1, 0.15) is 6.10 Å². The van der Waals surface area contributed by atoms with Crippen LogP contribution in [0.5, 0.6) is 0 Å². The Bertz CT molecular complexity index is 378. The second-order valence-electron chi connectivity index (χ2n) is 4.89. The fourth-order valence-electron chi connectivity index (χ4n) is 2.36. The van der Waals surface area contributed by atoms with Crippen LogP contribution in [-0.4, -0.2) is 47.3 Å². The van der Waals surface area contributed by atoms with E-state index in [1.807, 2.05) is 0 Å². The largest absolute Gasteiger partial charge is 0.364 e. The van der Waals surface area contributed by atoms with Gasteiger partial charge in [-0.3, -0.25) is 0 Å². The van der Waals surface area contributed by atoms with Gasteiger partial charge in [0, 0.05) is 19.5 Å². The molecule has 2 unspecified atom stereocenters. The summed E-state index contributed by atoms with van der Waals surface area (Å²) in [6, 6.07) is 0. The van der Waals surface area contributed by atoms with E-state index in [2.05, 4.69) is 28.9 Å². The summed E-state index contributed by atoms with van der Waals surface area (Å²) in [5, 5.41) is 4.03. The smallest absolute Gasteiger partial charge is 0.255 e. The summed E-state index contributed by atoms with van der Waals surface area (Å²) in [5.41, 5.74) is 5.59. The summed E-state index contributed by atoms with van der Waals surface area (Å²) < 4.78 is 11.0. The van der Waals surface area contributed by atoms with Crippen LogP contribution < -0.4 is 5.73 Å². The Morgan fingerprint density at radius 1 is 1.32 bits per heavy atom. The maximum absolute atomic E-state index is 5.75. The van der Waals surface area contributed by atoms with Crippen molar-refractivity contribution in [2.45, 2.75) is 45.3 Å². The van der Waals surface area contributed by atoms with Crippen LogP contribution in [0.1, 0.15) is 44.5 Å². The Morgan fingerprint density at radius 2 is 2.11 bits per heavy atom. The molecule has 0 amide bonds. The SMILES string of the molecule is CCN(CC)CCc1noc(C2CCC(CN)O2)n1. The van der Waals surface area contributed by atoms with Gasteiger partial charge in [-0.15, -0.1) is 0 Å². The number of nitrogens with zero attached hydrogens (tertiary/aromatic N) is 3. The summed E-state index contributed by atoms with van der Waals surface area (Å²) in [6.45, 7) is 7.92. The molecule has 2 N–H and O–H groups in total. The summed E-state index contributed by atoms with van der Waals surface area (Å²) in [6.07, 6.45) is 2.77. The van der Waals surface area contributed by atoms with Crippen molar-refractivity contribution in [1.29, 1.82) is 0 Å². The van der Waals surface area contributed by atoms with Crippen LogP contribution in [0.4, 0.5) is 0 Å². The Kier molecular flexibility index (Phi) is 5.30. The number of likely N-dealkylation sites (N-methyl/N-ethyl adjacent to an activating group) is 1. The van der Waals surface area contributed by atoms with E-state index in [9.17, 15) is 0 Å². The second kappa shape index (κ2) is 6.98. The quantitative estimate of drug-likeness (QED) is 0.799. The van der Waals surface area contributed by atoms with Gasteiger partial charge in [0.15, 0.2) is 5.82 Å². The molecule has 0 saturated carbocycles. The molecule has 1 fully saturated rings. The molecular formula is C13H24N4O2. The van der Waals surface area contributed by atoms with Gasteiger partial charge >= 0.3 is 0 Å². The Balaban J connectivity index is 1.85. The lowest BCUT2D eigenvalue weighted by Crippen LogP contribution is -2.25. The number of hydrogen-bond acceptors (Lipinski definition) is 6. The van der Waals surface area contributed by atoms with Crippen molar-refractivity contribution in [2.75, 3.05) is 26.2 Å². The first kappa shape index (κ1) is 14.4. The minimum atomic E-state index is -0.0664. The average molecular weight is 268 g/mol. The van der Waals surface area contributed by atoms with Crippen molar-refractivity contribution in [2.24, 2.45) is 5.73 Å². The van der Waals surface area contributed by atoms with Gasteiger partial charge < -0.3 is 19.9 Å². The Hall–Kier alpha value is -0.980. The maximum atomic E-state index is 5.75. The lowest BCUT2D eigenvalue weighted by Gasteiger charge is -2.16. The highest BCUT2D eigenvalue weighted by Crippen LogP contribution is 2.31. The summed E-state index contributed by atoms with van der Waals surface area (Å²) in [7, 11) is 0. The fraction of sp³-hybridized carbons (Fsp3) is 0.846. The van der Waals surface area contributed by atoms with Crippen LogP contribution in [-0.2, 0) is 11.2 Å². The minimum Gasteiger partial charge on any atom is -0.364 e. The van der Waals surface area contributed by atoms with Gasteiger partial charge in [0.25, 0.3) is 5.89 Å². The number of aromatic nitrogens is 2. The van der Waals surface area contributed by atoms with E-state index < -0.39 is 0 Å². The maximum Gasteiger partial charge on any atom is 0.255 e. The molecule has 1 aliphatic heterocycles. The molecule has 0 radical (unpaired) electrons. The first-order chi connectivity index (χ1) is 9.26. The van der Waals surface area contributed by atoms with Crippen LogP contribution >= 0.6 is 0 Å². The summed E-state index contributed by atoms with van der Waals surface area (Å²) >= 11 is 0. The number of nitrogens with two attached hydrogens (primary N) is 1. The van der Waals surface area contributed by atoms with Gasteiger partial charge in [0.05, 0.1) is 6.10 Å². The topological polar surface area (TPSA) is 77.4 Å². The van der Waals surface area contributed by atoms with Crippen LogP contribution in [0.2, 0.25) is 0 Å². The van der Waals surface area contributed by atoms with Crippen LogP contribution in [0, 0.1) is 0 Å². The summed E-state index contributed by atoms with van der Waals surface area (Å²) in [5.74, 6) is 1.37. The minimum absolute atomic E-state index is 0.0664. The third kappa shape index (κ3) is 3.75. The molecule has 6 nitrogen and oxygen atoms in total. The molecule has 1 aromatic heterocycles. The van der Waals surface area contributed by atoms with E-state index in [-0.39, 0.29) is 12.2 Å². The van der Waals surface area contributed by atoms with Crippen LogP contribution in [0.25, 0.3) is 0 Å². The lowest BCUT2D eigenvalue weighted by atomic mass is 10.2. The Labute approximate surface area is 114 Å². The molecule has 1 saturated heterocycles. The molecule has 2 atom stereocenters. The first-order valence-electron chi connectivity index (χ1n) is 7.17. The van der Waals surface area contributed by atoms with Gasteiger partial charge in [-0.05, 0) is 25.9 Å². The molecule has 0 bridgehead atoms. The molecule has 19 heavy (non-hydrogen) atoms. The fourth-order valence-corrected chi connectivity index (χ4v) is 2.36. The molecule has 2 rings (SSSR count). The van der Waals surface area contributed by atoms with Crippen molar-refractivity contribution >= 4 is 0 Å². The molecule has 6 heteroatoms. The van der Waals surface area contributed by atoms with Gasteiger partial charge in [0.2, 0.25) is 0 Å². The van der Waals surface area contributed by atoms with Crippen LogP contribution in [0.3, 0.4) is 0 Å². The van der Waals surface area contributed by atoms with Crippen molar-refractivity contribution < 1.29 is 9.26 Å². The van der Waals surface area contributed by atoms with Crippen molar-refractivity contribution in [1.82, 2.24) is 15.0 Å². The highest BCUT2D eigenvalue weighted by molar-refractivity contribution is 4.94. The van der Waals surface area contributed by atoms with Gasteiger partial charge in [-0.25, -0.2) is 0 Å². The van der Waals surface area contributed by atoms with Crippen LogP contribution in [0.15, 0.2) is 4.52 Å². The number of rotatable bonds is 7. The summed E-state index contributed by atoms with van der Waals surface area (Å²) in [4.78, 5) is 6.77. The second-order valence-corrected chi connectivity index (χ2v) is 4.89. The highest BCUT2D eigenvalue weighted by Gasteiger charge is 2.29. The number of hydrogen-bond donors (Lipinski definition) is 1. The van der Waals surface area contributed by atoms with Gasteiger partial charge in [-0.2, -0.15) is 4.98 Å². The van der Waals surface area contributed by atoms with Crippen molar-refractivity contribution in [3.8, 4) is 0 Å². The van der Waals surface area contributed by atoms with E-state index >= 15 is 0 Å². The average Bonchev–Trinajstić information content (AvgIpc) is 3.08. The molecule has 1 aliphatic rings. The number of ether oxygens (including phenoxy) is 1. The zero-order valence-electron chi connectivity index (χ0n) is 11.8. The Morgan fingerprint density at radius 3 is 2.74 bits per heavy atom. The third-order valence-electron chi connectivity index (χ3n) is 3.68. The van der Waals surface area contributed by atoms with E-state index in [1.54, 1.807) is 0 Å². The predicted molar refractivity (Wildman–Crippen MR) is 71.7 cm³/mol. The predicted octanol–water partition coefficient (Wildman–Crippen LogP) is 1.13. The lowest BCUT2D eigenvalue weighted by molar-refractivity contribution is 0.0307. The van der Waals surface area contributed by atoms with E-state index in [4.69, 9.17) is 15.0 Å². The molecule has 2 heterocycles. The molecule has 0 aliphatic carbocycles. The normalized spacial score (nSPS) is 23.4. The van der Waals surface area contributed by atoms with E-state index in [0.29, 0.717) is 12.4 Å². The molecule has 108 valence electrons. The van der Waals surface area contributed by atoms with E-state index in [0.717, 1.165) is 44.7 Å². The highest BCUT2D eigenvalue weighted by atomic mass is 16.5. The standard InChI is InChI=1S/C13H24N4O2/c1-3-17(4-2)8-7-12-15-13(19-16-12)11-6-5-10(9-14)18-11/h10-11H,3-9,14H2,1-2H3. The zero-order valence-corrected chi connectivity index (χ0v) is 11.8. The first-order valence-corrected chi connectivity index (χ1v) is 7.17.